The van der Waals surface area contributed by atoms with Gasteiger partial charge in [0.25, 0.3) is 0 Å². The molecule has 4 aromatic rings. The molecule has 0 aromatic carbocycles. The molecule has 0 amide bonds. The van der Waals surface area contributed by atoms with Crippen molar-refractivity contribution in [3.8, 4) is 11.4 Å². The van der Waals surface area contributed by atoms with Gasteiger partial charge in [0.05, 0.1) is 29.5 Å². The lowest BCUT2D eigenvalue weighted by molar-refractivity contribution is 0.0987. The van der Waals surface area contributed by atoms with Gasteiger partial charge in [-0.1, -0.05) is 5.21 Å². The van der Waals surface area contributed by atoms with Gasteiger partial charge in [0.15, 0.2) is 11.7 Å². The molecular formula is C21H21N7O2. The van der Waals surface area contributed by atoms with E-state index in [-0.39, 0.29) is 18.1 Å². The molecule has 0 spiro atoms. The Morgan fingerprint density at radius 1 is 1.23 bits per heavy atom. The van der Waals surface area contributed by atoms with E-state index in [0.29, 0.717) is 23.0 Å². The van der Waals surface area contributed by atoms with Crippen LogP contribution in [0.5, 0.6) is 0 Å². The lowest BCUT2D eigenvalue weighted by Crippen LogP contribution is -2.26. The number of ketones is 1. The largest absolute Gasteiger partial charge is 0.448 e. The standard InChI is InChI=1S/C21H21N7O2/c1-28-11-18(26-27-28)16-3-2-14-10-23-15(8-17(14)24-16)9-20(29)19-12-30-21(25-19)13-4-6-22-7-5-13/h2-3,8,10-13,22H,4-7,9H2,1H3. The fourth-order valence-electron chi connectivity index (χ4n) is 3.69. The van der Waals surface area contributed by atoms with Crippen molar-refractivity contribution in [2.24, 2.45) is 7.05 Å². The van der Waals surface area contributed by atoms with Crippen molar-refractivity contribution in [1.82, 2.24) is 35.3 Å². The van der Waals surface area contributed by atoms with Crippen LogP contribution in [0.4, 0.5) is 0 Å². The molecule has 0 bridgehead atoms. The summed E-state index contributed by atoms with van der Waals surface area (Å²) in [7, 11) is 1.81. The number of carbonyl (C=O) groups excluding carboxylic acids is 1. The molecule has 1 saturated heterocycles. The summed E-state index contributed by atoms with van der Waals surface area (Å²) in [6.07, 6.45) is 7.09. The number of carbonyl (C=O) groups is 1. The third kappa shape index (κ3) is 3.71. The molecule has 0 radical (unpaired) electrons. The van der Waals surface area contributed by atoms with Gasteiger partial charge in [0.2, 0.25) is 0 Å². The summed E-state index contributed by atoms with van der Waals surface area (Å²) in [5.74, 6) is 0.813. The molecule has 5 rings (SSSR count). The zero-order valence-corrected chi connectivity index (χ0v) is 16.6. The van der Waals surface area contributed by atoms with E-state index in [9.17, 15) is 4.79 Å². The second kappa shape index (κ2) is 7.75. The highest BCUT2D eigenvalue weighted by Crippen LogP contribution is 2.25. The SMILES string of the molecule is Cn1cc(-c2ccc3cnc(CC(=O)c4coc(C5CCNCC5)n4)cc3n2)nn1. The van der Waals surface area contributed by atoms with Crippen LogP contribution in [0.1, 0.15) is 40.8 Å². The first kappa shape index (κ1) is 18.6. The Kier molecular flexibility index (Phi) is 4.80. The van der Waals surface area contributed by atoms with E-state index in [1.807, 2.05) is 31.4 Å². The van der Waals surface area contributed by atoms with Crippen molar-refractivity contribution in [3.63, 3.8) is 0 Å². The van der Waals surface area contributed by atoms with Crippen LogP contribution in [-0.4, -0.2) is 48.8 Å². The van der Waals surface area contributed by atoms with E-state index in [2.05, 4.69) is 30.6 Å². The number of pyridine rings is 2. The molecule has 5 heterocycles. The number of nitrogens with zero attached hydrogens (tertiary/aromatic N) is 6. The summed E-state index contributed by atoms with van der Waals surface area (Å²) in [5.41, 5.74) is 3.17. The van der Waals surface area contributed by atoms with Crippen LogP contribution in [0, 0.1) is 0 Å². The fraction of sp³-hybridized carbons (Fsp3) is 0.333. The van der Waals surface area contributed by atoms with E-state index in [1.54, 1.807) is 10.9 Å². The Bertz CT molecular complexity index is 1210. The van der Waals surface area contributed by atoms with Crippen LogP contribution < -0.4 is 5.32 Å². The lowest BCUT2D eigenvalue weighted by atomic mass is 9.98. The second-order valence-corrected chi connectivity index (χ2v) is 7.54. The molecule has 1 aliphatic heterocycles. The predicted octanol–water partition coefficient (Wildman–Crippen LogP) is 2.31. The second-order valence-electron chi connectivity index (χ2n) is 7.54. The summed E-state index contributed by atoms with van der Waals surface area (Å²) in [6.45, 7) is 1.89. The van der Waals surface area contributed by atoms with Gasteiger partial charge in [-0.05, 0) is 44.1 Å². The van der Waals surface area contributed by atoms with Crippen molar-refractivity contribution >= 4 is 16.7 Å². The number of nitrogens with one attached hydrogen (secondary N) is 1. The highest BCUT2D eigenvalue weighted by atomic mass is 16.3. The minimum atomic E-state index is -0.115. The number of hydrogen-bond acceptors (Lipinski definition) is 8. The molecule has 1 aliphatic rings. The first-order chi connectivity index (χ1) is 14.7. The van der Waals surface area contributed by atoms with Gasteiger partial charge >= 0.3 is 0 Å². The molecule has 0 saturated carbocycles. The monoisotopic (exact) mass is 403 g/mol. The summed E-state index contributed by atoms with van der Waals surface area (Å²) >= 11 is 0. The van der Waals surface area contributed by atoms with E-state index in [0.717, 1.165) is 42.5 Å². The first-order valence-corrected chi connectivity index (χ1v) is 9.97. The maximum atomic E-state index is 12.7. The third-order valence-corrected chi connectivity index (χ3v) is 5.33. The highest BCUT2D eigenvalue weighted by molar-refractivity contribution is 5.95. The maximum absolute atomic E-state index is 12.7. The predicted molar refractivity (Wildman–Crippen MR) is 109 cm³/mol. The molecule has 30 heavy (non-hydrogen) atoms. The van der Waals surface area contributed by atoms with Gasteiger partial charge in [-0.25, -0.2) is 9.97 Å². The van der Waals surface area contributed by atoms with Crippen LogP contribution in [0.15, 0.2) is 41.3 Å². The van der Waals surface area contributed by atoms with Crippen molar-refractivity contribution in [3.05, 3.63) is 54.1 Å². The van der Waals surface area contributed by atoms with Crippen molar-refractivity contribution in [1.29, 1.82) is 0 Å². The summed E-state index contributed by atoms with van der Waals surface area (Å²) in [5, 5.41) is 12.3. The number of aryl methyl sites for hydroxylation is 1. The minimum absolute atomic E-state index is 0.115. The Labute approximate surface area is 172 Å². The molecule has 9 heteroatoms. The highest BCUT2D eigenvalue weighted by Gasteiger charge is 2.22. The number of piperidine rings is 1. The normalized spacial score (nSPS) is 15.0. The molecular weight excluding hydrogens is 382 g/mol. The van der Waals surface area contributed by atoms with Gasteiger partial charge in [0.1, 0.15) is 17.7 Å². The average molecular weight is 403 g/mol. The van der Waals surface area contributed by atoms with Gasteiger partial charge in [-0.3, -0.25) is 14.5 Å². The lowest BCUT2D eigenvalue weighted by Gasteiger charge is -2.19. The van der Waals surface area contributed by atoms with Gasteiger partial charge in [-0.15, -0.1) is 5.10 Å². The van der Waals surface area contributed by atoms with E-state index < -0.39 is 0 Å². The van der Waals surface area contributed by atoms with E-state index in [4.69, 9.17) is 4.42 Å². The van der Waals surface area contributed by atoms with Crippen molar-refractivity contribution < 1.29 is 9.21 Å². The number of Topliss-reactive ketones (excluding diaryl/α,β-unsaturated/α-hetero) is 1. The summed E-state index contributed by atoms with van der Waals surface area (Å²) < 4.78 is 7.23. The van der Waals surface area contributed by atoms with E-state index >= 15 is 0 Å². The summed E-state index contributed by atoms with van der Waals surface area (Å²) in [6, 6.07) is 5.66. The van der Waals surface area contributed by atoms with Crippen LogP contribution in [-0.2, 0) is 13.5 Å². The maximum Gasteiger partial charge on any atom is 0.197 e. The van der Waals surface area contributed by atoms with Crippen LogP contribution in [0.3, 0.4) is 0 Å². The number of aromatic nitrogens is 6. The summed E-state index contributed by atoms with van der Waals surface area (Å²) in [4.78, 5) is 26.2. The van der Waals surface area contributed by atoms with Crippen LogP contribution in [0.2, 0.25) is 0 Å². The van der Waals surface area contributed by atoms with Crippen LogP contribution in [0.25, 0.3) is 22.3 Å². The molecule has 0 unspecified atom stereocenters. The Balaban J connectivity index is 1.35. The Morgan fingerprint density at radius 2 is 2.10 bits per heavy atom. The molecule has 152 valence electrons. The number of hydrogen-bond donors (Lipinski definition) is 1. The smallest absolute Gasteiger partial charge is 0.197 e. The van der Waals surface area contributed by atoms with Gasteiger partial charge < -0.3 is 9.73 Å². The quantitative estimate of drug-likeness (QED) is 0.505. The third-order valence-electron chi connectivity index (χ3n) is 5.33. The molecule has 1 N–H and O–H groups in total. The molecule has 1 fully saturated rings. The molecule has 4 aromatic heterocycles. The zero-order chi connectivity index (χ0) is 20.5. The van der Waals surface area contributed by atoms with E-state index in [1.165, 1.54) is 6.26 Å². The zero-order valence-electron chi connectivity index (χ0n) is 16.6. The van der Waals surface area contributed by atoms with Crippen LogP contribution >= 0.6 is 0 Å². The molecule has 9 nitrogen and oxygen atoms in total. The molecule has 0 atom stereocenters. The number of oxazole rings is 1. The minimum Gasteiger partial charge on any atom is -0.448 e. The molecule has 0 aliphatic carbocycles. The fourth-order valence-corrected chi connectivity index (χ4v) is 3.69. The Hall–Kier alpha value is -3.46. The number of rotatable bonds is 5. The van der Waals surface area contributed by atoms with Gasteiger partial charge in [0, 0.05) is 24.5 Å². The topological polar surface area (TPSA) is 112 Å². The first-order valence-electron chi connectivity index (χ1n) is 9.97. The van der Waals surface area contributed by atoms with Crippen molar-refractivity contribution in [2.75, 3.05) is 13.1 Å². The average Bonchev–Trinajstić information content (AvgIpc) is 3.43. The number of fused-ring (bicyclic) bond motifs is 1. The Morgan fingerprint density at radius 3 is 2.90 bits per heavy atom. The van der Waals surface area contributed by atoms with Gasteiger partial charge in [-0.2, -0.15) is 0 Å². The van der Waals surface area contributed by atoms with Crippen molar-refractivity contribution in [2.45, 2.75) is 25.2 Å².